The first-order chi connectivity index (χ1) is 16.4. The van der Waals surface area contributed by atoms with Gasteiger partial charge in [0.25, 0.3) is 11.6 Å². The van der Waals surface area contributed by atoms with Crippen LogP contribution >= 0.6 is 23.4 Å². The van der Waals surface area contributed by atoms with E-state index < -0.39 is 10.8 Å². The zero-order valence-electron chi connectivity index (χ0n) is 17.3. The van der Waals surface area contributed by atoms with Crippen LogP contribution in [0.4, 0.5) is 5.69 Å². The standard InChI is InChI=1S/C23H14ClN5O4S/c24-15-6-4-13(5-7-15)10-20-27-28-21(25)18(22(30)26-23(28)34-20)12-17-8-9-19(33-17)14-2-1-3-16(11-14)29(31)32/h1-9,11-12,25H,10H2/b18-12+,25-21?. The number of nitrogens with zero attached hydrogens (tertiary/aromatic N) is 4. The van der Waals surface area contributed by atoms with Crippen molar-refractivity contribution in [2.45, 2.75) is 6.42 Å². The van der Waals surface area contributed by atoms with Crippen molar-refractivity contribution in [3.8, 4) is 11.3 Å². The van der Waals surface area contributed by atoms with Crippen LogP contribution in [0.2, 0.25) is 5.02 Å². The Kier molecular flexibility index (Phi) is 5.60. The fourth-order valence-corrected chi connectivity index (χ4v) is 4.43. The molecule has 34 heavy (non-hydrogen) atoms. The van der Waals surface area contributed by atoms with E-state index in [1.54, 1.807) is 36.4 Å². The van der Waals surface area contributed by atoms with E-state index in [0.29, 0.717) is 38.7 Å². The Morgan fingerprint density at radius 1 is 1.18 bits per heavy atom. The zero-order valence-corrected chi connectivity index (χ0v) is 18.8. The second-order valence-corrected chi connectivity index (χ2v) is 8.80. The van der Waals surface area contributed by atoms with Gasteiger partial charge in [0.1, 0.15) is 16.6 Å². The van der Waals surface area contributed by atoms with Crippen molar-refractivity contribution in [1.82, 2.24) is 5.01 Å². The number of nitro benzene ring substituents is 1. The van der Waals surface area contributed by atoms with Crippen LogP contribution in [0, 0.1) is 15.5 Å². The van der Waals surface area contributed by atoms with Crippen molar-refractivity contribution >= 4 is 57.1 Å². The molecule has 2 aromatic carbocycles. The van der Waals surface area contributed by atoms with Crippen molar-refractivity contribution in [3.05, 3.63) is 92.7 Å². The number of carbonyl (C=O) groups excluding carboxylic acids is 1. The summed E-state index contributed by atoms with van der Waals surface area (Å²) in [5.74, 6) is 0.0295. The molecule has 0 unspecified atom stereocenters. The van der Waals surface area contributed by atoms with E-state index in [1.165, 1.54) is 35.0 Å². The molecular weight excluding hydrogens is 478 g/mol. The van der Waals surface area contributed by atoms with E-state index in [0.717, 1.165) is 5.56 Å². The molecule has 0 aliphatic carbocycles. The first-order valence-electron chi connectivity index (χ1n) is 9.95. The number of hydrazone groups is 1. The number of halogens is 1. The third-order valence-corrected chi connectivity index (χ3v) is 6.18. The maximum absolute atomic E-state index is 12.6. The first kappa shape index (κ1) is 21.8. The van der Waals surface area contributed by atoms with E-state index >= 15 is 0 Å². The zero-order chi connectivity index (χ0) is 23.8. The van der Waals surface area contributed by atoms with Gasteiger partial charge < -0.3 is 4.42 Å². The van der Waals surface area contributed by atoms with Gasteiger partial charge in [0.15, 0.2) is 5.84 Å². The lowest BCUT2D eigenvalue weighted by molar-refractivity contribution is -0.384. The number of amides is 1. The van der Waals surface area contributed by atoms with Gasteiger partial charge in [-0.25, -0.2) is 0 Å². The molecule has 3 aromatic rings. The molecule has 0 fully saturated rings. The van der Waals surface area contributed by atoms with Gasteiger partial charge >= 0.3 is 0 Å². The van der Waals surface area contributed by atoms with E-state index in [2.05, 4.69) is 10.1 Å². The summed E-state index contributed by atoms with van der Waals surface area (Å²) < 4.78 is 5.76. The fourth-order valence-electron chi connectivity index (χ4n) is 3.38. The molecular formula is C23H14ClN5O4S. The Hall–Kier alpha value is -4.02. The summed E-state index contributed by atoms with van der Waals surface area (Å²) in [6.07, 6.45) is 1.94. The van der Waals surface area contributed by atoms with Crippen molar-refractivity contribution < 1.29 is 14.1 Å². The molecule has 0 saturated carbocycles. The van der Waals surface area contributed by atoms with E-state index in [-0.39, 0.29) is 17.1 Å². The molecule has 0 radical (unpaired) electrons. The number of benzene rings is 2. The summed E-state index contributed by atoms with van der Waals surface area (Å²) in [5.41, 5.74) is 1.49. The molecule has 168 valence electrons. The highest BCUT2D eigenvalue weighted by Crippen LogP contribution is 2.31. The Bertz CT molecular complexity index is 1440. The highest BCUT2D eigenvalue weighted by atomic mass is 35.5. The predicted octanol–water partition coefficient (Wildman–Crippen LogP) is 5.37. The minimum atomic E-state index is -0.569. The molecule has 0 atom stereocenters. The Morgan fingerprint density at radius 2 is 1.97 bits per heavy atom. The molecule has 2 aliphatic rings. The highest BCUT2D eigenvalue weighted by Gasteiger charge is 2.35. The van der Waals surface area contributed by atoms with E-state index in [1.807, 2.05) is 12.1 Å². The molecule has 1 N–H and O–H groups in total. The Labute approximate surface area is 202 Å². The Balaban J connectivity index is 1.38. The molecule has 2 aliphatic heterocycles. The lowest BCUT2D eigenvalue weighted by Crippen LogP contribution is -2.35. The van der Waals surface area contributed by atoms with Crippen molar-refractivity contribution in [2.75, 3.05) is 0 Å². The number of thioether (sulfide) groups is 1. The van der Waals surface area contributed by atoms with Gasteiger partial charge in [0.2, 0.25) is 5.17 Å². The van der Waals surface area contributed by atoms with Crippen LogP contribution in [0.5, 0.6) is 0 Å². The van der Waals surface area contributed by atoms with Gasteiger partial charge in [0, 0.05) is 29.1 Å². The number of fused-ring (bicyclic) bond motifs is 1. The number of amidine groups is 2. The van der Waals surface area contributed by atoms with Crippen LogP contribution < -0.4 is 0 Å². The van der Waals surface area contributed by atoms with Gasteiger partial charge in [-0.05, 0) is 47.7 Å². The summed E-state index contributed by atoms with van der Waals surface area (Å²) >= 11 is 7.17. The molecule has 1 amide bonds. The topological polar surface area (TPSA) is 125 Å². The van der Waals surface area contributed by atoms with Crippen LogP contribution in [0.3, 0.4) is 0 Å². The minimum absolute atomic E-state index is 0.0285. The lowest BCUT2D eigenvalue weighted by Gasteiger charge is -2.19. The number of nitrogens with one attached hydrogen (secondary N) is 1. The number of hydrogen-bond donors (Lipinski definition) is 1. The summed E-state index contributed by atoms with van der Waals surface area (Å²) in [4.78, 5) is 27.3. The molecule has 9 nitrogen and oxygen atoms in total. The molecule has 3 heterocycles. The number of rotatable bonds is 5. The number of carbonyl (C=O) groups is 1. The quantitative estimate of drug-likeness (QED) is 0.290. The number of aliphatic imine (C=N–C) groups is 1. The number of hydrogen-bond acceptors (Lipinski definition) is 7. The minimum Gasteiger partial charge on any atom is -0.457 e. The average molecular weight is 492 g/mol. The van der Waals surface area contributed by atoms with Crippen LogP contribution in [0.25, 0.3) is 17.4 Å². The molecule has 5 rings (SSSR count). The summed E-state index contributed by atoms with van der Waals surface area (Å²) in [5, 5.41) is 27.0. The van der Waals surface area contributed by atoms with Crippen molar-refractivity contribution in [3.63, 3.8) is 0 Å². The normalized spacial score (nSPS) is 16.5. The largest absolute Gasteiger partial charge is 0.457 e. The second kappa shape index (κ2) is 8.73. The molecule has 0 saturated heterocycles. The first-order valence-corrected chi connectivity index (χ1v) is 11.1. The SMILES string of the molecule is N=C1/C(=C\c2ccc(-c3cccc([N+](=O)[O-])c3)o2)C(=O)N=C2SC(Cc3ccc(Cl)cc3)=NN12. The lowest BCUT2D eigenvalue weighted by atomic mass is 10.1. The number of furan rings is 1. The summed E-state index contributed by atoms with van der Waals surface area (Å²) in [6, 6.07) is 16.7. The van der Waals surface area contributed by atoms with Crippen LogP contribution in [0.15, 0.2) is 80.7 Å². The van der Waals surface area contributed by atoms with Gasteiger partial charge in [-0.3, -0.25) is 20.3 Å². The van der Waals surface area contributed by atoms with Crippen molar-refractivity contribution in [2.24, 2.45) is 10.1 Å². The highest BCUT2D eigenvalue weighted by molar-refractivity contribution is 8.26. The fraction of sp³-hybridized carbons (Fsp3) is 0.0435. The molecule has 0 spiro atoms. The molecule has 11 heteroatoms. The van der Waals surface area contributed by atoms with E-state index in [9.17, 15) is 14.9 Å². The second-order valence-electron chi connectivity index (χ2n) is 7.33. The van der Waals surface area contributed by atoms with Gasteiger partial charge in [-0.2, -0.15) is 15.1 Å². The van der Waals surface area contributed by atoms with E-state index in [4.69, 9.17) is 21.4 Å². The van der Waals surface area contributed by atoms with Gasteiger partial charge in [-0.15, -0.1) is 0 Å². The van der Waals surface area contributed by atoms with Crippen molar-refractivity contribution in [1.29, 1.82) is 5.41 Å². The predicted molar refractivity (Wildman–Crippen MR) is 131 cm³/mol. The van der Waals surface area contributed by atoms with Crippen LogP contribution in [-0.2, 0) is 11.2 Å². The average Bonchev–Trinajstić information content (AvgIpc) is 3.45. The number of non-ortho nitro benzene ring substituents is 1. The molecule has 1 aromatic heterocycles. The van der Waals surface area contributed by atoms with Gasteiger partial charge in [-0.1, -0.05) is 35.9 Å². The Morgan fingerprint density at radius 3 is 2.74 bits per heavy atom. The third kappa shape index (κ3) is 4.28. The third-order valence-electron chi connectivity index (χ3n) is 5.02. The van der Waals surface area contributed by atoms with Gasteiger partial charge in [0.05, 0.1) is 10.5 Å². The number of nitro groups is 1. The smallest absolute Gasteiger partial charge is 0.283 e. The van der Waals surface area contributed by atoms with Crippen LogP contribution in [-0.4, -0.2) is 31.9 Å². The molecule has 0 bridgehead atoms. The maximum atomic E-state index is 12.6. The summed E-state index contributed by atoms with van der Waals surface area (Å²) in [7, 11) is 0. The van der Waals surface area contributed by atoms with Crippen LogP contribution in [0.1, 0.15) is 11.3 Å². The monoisotopic (exact) mass is 491 g/mol. The summed E-state index contributed by atoms with van der Waals surface area (Å²) in [6.45, 7) is 0. The maximum Gasteiger partial charge on any atom is 0.283 e.